The zero-order valence-electron chi connectivity index (χ0n) is 7.36. The van der Waals surface area contributed by atoms with Crippen LogP contribution < -0.4 is 5.32 Å². The third kappa shape index (κ3) is 2.80. The molecule has 1 aromatic rings. The first kappa shape index (κ1) is 8.87. The molecule has 1 rings (SSSR count). The van der Waals surface area contributed by atoms with Crippen molar-refractivity contribution in [2.24, 2.45) is 0 Å². The van der Waals surface area contributed by atoms with E-state index in [9.17, 15) is 0 Å². The fraction of sp³-hybridized carbons (Fsp3) is 0.333. The van der Waals surface area contributed by atoms with Gasteiger partial charge in [-0.25, -0.2) is 9.97 Å². The molecule has 3 nitrogen and oxygen atoms in total. The molecule has 1 atom stereocenters. The molecule has 0 saturated carbocycles. The monoisotopic (exact) mass is 163 g/mol. The van der Waals surface area contributed by atoms with E-state index >= 15 is 0 Å². The molecular weight excluding hydrogens is 150 g/mol. The van der Waals surface area contributed by atoms with Crippen molar-refractivity contribution < 1.29 is 0 Å². The van der Waals surface area contributed by atoms with Crippen molar-refractivity contribution in [1.82, 2.24) is 15.3 Å². The van der Waals surface area contributed by atoms with Gasteiger partial charge >= 0.3 is 0 Å². The second-order valence-corrected chi connectivity index (χ2v) is 2.57. The number of nitrogens with zero attached hydrogens (tertiary/aromatic N) is 2. The van der Waals surface area contributed by atoms with E-state index in [1.165, 1.54) is 0 Å². The number of likely N-dealkylation sites (N-methyl/N-ethyl adjacent to an activating group) is 1. The second-order valence-electron chi connectivity index (χ2n) is 2.57. The van der Waals surface area contributed by atoms with Crippen LogP contribution in [0, 0.1) is 0 Å². The maximum absolute atomic E-state index is 4.06. The molecule has 12 heavy (non-hydrogen) atoms. The van der Waals surface area contributed by atoms with Crippen LogP contribution in [0.4, 0.5) is 0 Å². The summed E-state index contributed by atoms with van der Waals surface area (Å²) in [5, 5.41) is 3.10. The number of hydrogen-bond acceptors (Lipinski definition) is 3. The fourth-order valence-electron chi connectivity index (χ4n) is 0.739. The lowest BCUT2D eigenvalue weighted by atomic mass is 10.3. The average Bonchev–Trinajstić information content (AvgIpc) is 2.16. The van der Waals surface area contributed by atoms with Crippen molar-refractivity contribution >= 4 is 6.08 Å². The fourth-order valence-corrected chi connectivity index (χ4v) is 0.739. The number of rotatable bonds is 3. The molecule has 0 saturated heterocycles. The van der Waals surface area contributed by atoms with Crippen LogP contribution in [-0.4, -0.2) is 23.1 Å². The Hall–Kier alpha value is -1.22. The number of aromatic nitrogens is 2. The third-order valence-electron chi connectivity index (χ3n) is 1.62. The van der Waals surface area contributed by atoms with E-state index in [0.29, 0.717) is 6.04 Å². The second kappa shape index (κ2) is 4.62. The summed E-state index contributed by atoms with van der Waals surface area (Å²) in [6.07, 6.45) is 7.31. The summed E-state index contributed by atoms with van der Waals surface area (Å²) < 4.78 is 0. The minimum Gasteiger partial charge on any atom is -0.314 e. The van der Waals surface area contributed by atoms with Gasteiger partial charge in [-0.3, -0.25) is 0 Å². The molecule has 1 unspecified atom stereocenters. The highest BCUT2D eigenvalue weighted by atomic mass is 14.8. The Morgan fingerprint density at radius 1 is 1.58 bits per heavy atom. The topological polar surface area (TPSA) is 37.8 Å². The number of nitrogens with one attached hydrogen (secondary N) is 1. The lowest BCUT2D eigenvalue weighted by Gasteiger charge is -2.01. The van der Waals surface area contributed by atoms with Crippen molar-refractivity contribution in [3.63, 3.8) is 0 Å². The highest BCUT2D eigenvalue weighted by Gasteiger charge is 1.89. The molecule has 0 bridgehead atoms. The minimum absolute atomic E-state index is 0.375. The van der Waals surface area contributed by atoms with E-state index < -0.39 is 0 Å². The molecule has 1 heterocycles. The summed E-state index contributed by atoms with van der Waals surface area (Å²) in [5.74, 6) is 0. The van der Waals surface area contributed by atoms with Crippen molar-refractivity contribution in [2.75, 3.05) is 7.05 Å². The van der Waals surface area contributed by atoms with Crippen LogP contribution in [-0.2, 0) is 0 Å². The van der Waals surface area contributed by atoms with Crippen LogP contribution in [0.15, 0.2) is 24.7 Å². The standard InChI is InChI=1S/C9H13N3/c1-8(10-2)3-4-9-5-6-11-7-12-9/h3-8,10H,1-2H3/b4-3+. The summed E-state index contributed by atoms with van der Waals surface area (Å²) in [6, 6.07) is 2.25. The summed E-state index contributed by atoms with van der Waals surface area (Å²) in [7, 11) is 1.93. The molecule has 1 aromatic heterocycles. The highest BCUT2D eigenvalue weighted by molar-refractivity contribution is 5.43. The van der Waals surface area contributed by atoms with E-state index in [1.54, 1.807) is 12.5 Å². The zero-order valence-corrected chi connectivity index (χ0v) is 7.36. The van der Waals surface area contributed by atoms with Gasteiger partial charge in [-0.2, -0.15) is 0 Å². The van der Waals surface area contributed by atoms with E-state index in [0.717, 1.165) is 5.69 Å². The first-order valence-electron chi connectivity index (χ1n) is 3.94. The van der Waals surface area contributed by atoms with Crippen LogP contribution >= 0.6 is 0 Å². The first-order chi connectivity index (χ1) is 5.83. The molecule has 0 amide bonds. The van der Waals surface area contributed by atoms with Crippen molar-refractivity contribution in [2.45, 2.75) is 13.0 Å². The SMILES string of the molecule is CNC(C)/C=C/c1ccncn1. The molecule has 0 spiro atoms. The first-order valence-corrected chi connectivity index (χ1v) is 3.94. The Balaban J connectivity index is 2.58. The van der Waals surface area contributed by atoms with E-state index in [4.69, 9.17) is 0 Å². The summed E-state index contributed by atoms with van der Waals surface area (Å²) in [5.41, 5.74) is 0.937. The van der Waals surface area contributed by atoms with Crippen molar-refractivity contribution in [3.05, 3.63) is 30.4 Å². The molecule has 3 heteroatoms. The molecule has 0 aromatic carbocycles. The normalized spacial score (nSPS) is 13.5. The molecular formula is C9H13N3. The van der Waals surface area contributed by atoms with Crippen molar-refractivity contribution in [3.8, 4) is 0 Å². The van der Waals surface area contributed by atoms with Gasteiger partial charge in [0.25, 0.3) is 0 Å². The maximum atomic E-state index is 4.06. The van der Waals surface area contributed by atoms with Gasteiger partial charge in [0.1, 0.15) is 6.33 Å². The van der Waals surface area contributed by atoms with Crippen LogP contribution in [0.3, 0.4) is 0 Å². The average molecular weight is 163 g/mol. The van der Waals surface area contributed by atoms with Gasteiger partial charge in [0.2, 0.25) is 0 Å². The maximum Gasteiger partial charge on any atom is 0.115 e. The largest absolute Gasteiger partial charge is 0.314 e. The smallest absolute Gasteiger partial charge is 0.115 e. The van der Waals surface area contributed by atoms with E-state index in [2.05, 4.69) is 28.3 Å². The predicted molar refractivity (Wildman–Crippen MR) is 49.6 cm³/mol. The molecule has 0 radical (unpaired) electrons. The Kier molecular flexibility index (Phi) is 3.41. The Labute approximate surface area is 72.6 Å². The van der Waals surface area contributed by atoms with Gasteiger partial charge in [-0.05, 0) is 26.1 Å². The van der Waals surface area contributed by atoms with Crippen molar-refractivity contribution in [1.29, 1.82) is 0 Å². The van der Waals surface area contributed by atoms with Gasteiger partial charge in [-0.1, -0.05) is 6.08 Å². The minimum atomic E-state index is 0.375. The number of hydrogen-bond donors (Lipinski definition) is 1. The van der Waals surface area contributed by atoms with E-state index in [-0.39, 0.29) is 0 Å². The van der Waals surface area contributed by atoms with Gasteiger partial charge in [0.15, 0.2) is 0 Å². The molecule has 0 aliphatic rings. The quantitative estimate of drug-likeness (QED) is 0.725. The molecule has 64 valence electrons. The molecule has 0 aliphatic carbocycles. The van der Waals surface area contributed by atoms with E-state index in [1.807, 2.05) is 19.2 Å². The third-order valence-corrected chi connectivity index (χ3v) is 1.62. The van der Waals surface area contributed by atoms with Crippen LogP contribution in [0.5, 0.6) is 0 Å². The van der Waals surface area contributed by atoms with Crippen LogP contribution in [0.25, 0.3) is 6.08 Å². The Bertz CT molecular complexity index is 243. The van der Waals surface area contributed by atoms with Gasteiger partial charge in [-0.15, -0.1) is 0 Å². The highest BCUT2D eigenvalue weighted by Crippen LogP contribution is 1.95. The molecule has 1 N–H and O–H groups in total. The van der Waals surface area contributed by atoms with Crippen LogP contribution in [0.1, 0.15) is 12.6 Å². The molecule has 0 fully saturated rings. The summed E-state index contributed by atoms with van der Waals surface area (Å²) in [4.78, 5) is 7.89. The molecule has 0 aliphatic heterocycles. The summed E-state index contributed by atoms with van der Waals surface area (Å²) >= 11 is 0. The van der Waals surface area contributed by atoms with Gasteiger partial charge < -0.3 is 5.32 Å². The summed E-state index contributed by atoms with van der Waals surface area (Å²) in [6.45, 7) is 2.08. The van der Waals surface area contributed by atoms with Gasteiger partial charge in [0, 0.05) is 12.2 Å². The lowest BCUT2D eigenvalue weighted by molar-refractivity contribution is 0.731. The van der Waals surface area contributed by atoms with Gasteiger partial charge in [0.05, 0.1) is 5.69 Å². The Morgan fingerprint density at radius 3 is 3.00 bits per heavy atom. The predicted octanol–water partition coefficient (Wildman–Crippen LogP) is 1.10. The zero-order chi connectivity index (χ0) is 8.81. The van der Waals surface area contributed by atoms with Crippen LogP contribution in [0.2, 0.25) is 0 Å². The Morgan fingerprint density at radius 2 is 2.42 bits per heavy atom. The lowest BCUT2D eigenvalue weighted by Crippen LogP contribution is -2.17.